The van der Waals surface area contributed by atoms with Crippen LogP contribution in [0.2, 0.25) is 0 Å². The molecule has 0 saturated heterocycles. The lowest BCUT2D eigenvalue weighted by Gasteiger charge is -2.22. The SMILES string of the molecule is CCN(Cc1cccc(C)n1)C(=O)c1cccc(N)c1C. The van der Waals surface area contributed by atoms with Crippen molar-refractivity contribution in [3.8, 4) is 0 Å². The Kier molecular flexibility index (Phi) is 4.58. The molecule has 4 nitrogen and oxygen atoms in total. The number of nitrogens with two attached hydrogens (primary N) is 1. The molecular weight excluding hydrogens is 262 g/mol. The Morgan fingerprint density at radius 3 is 2.57 bits per heavy atom. The highest BCUT2D eigenvalue weighted by atomic mass is 16.2. The molecule has 0 bridgehead atoms. The first-order chi connectivity index (χ1) is 10.0. The van der Waals surface area contributed by atoms with Crippen LogP contribution in [0.1, 0.15) is 34.2 Å². The fourth-order valence-corrected chi connectivity index (χ4v) is 2.27. The fourth-order valence-electron chi connectivity index (χ4n) is 2.27. The molecule has 1 amide bonds. The van der Waals surface area contributed by atoms with E-state index in [0.29, 0.717) is 24.3 Å². The summed E-state index contributed by atoms with van der Waals surface area (Å²) in [6, 6.07) is 11.3. The summed E-state index contributed by atoms with van der Waals surface area (Å²) in [6.45, 7) is 6.92. The molecule has 0 aliphatic carbocycles. The topological polar surface area (TPSA) is 59.2 Å². The molecule has 4 heteroatoms. The van der Waals surface area contributed by atoms with Crippen molar-refractivity contribution in [3.05, 3.63) is 58.9 Å². The number of hydrogen-bond donors (Lipinski definition) is 1. The van der Waals surface area contributed by atoms with E-state index in [9.17, 15) is 4.79 Å². The van der Waals surface area contributed by atoms with Crippen LogP contribution in [0, 0.1) is 13.8 Å². The lowest BCUT2D eigenvalue weighted by Crippen LogP contribution is -2.31. The number of aryl methyl sites for hydroxylation is 1. The molecule has 0 saturated carbocycles. The van der Waals surface area contributed by atoms with Gasteiger partial charge >= 0.3 is 0 Å². The third-order valence-electron chi connectivity index (χ3n) is 3.57. The maximum absolute atomic E-state index is 12.7. The summed E-state index contributed by atoms with van der Waals surface area (Å²) in [7, 11) is 0. The van der Waals surface area contributed by atoms with Gasteiger partial charge in [-0.3, -0.25) is 9.78 Å². The quantitative estimate of drug-likeness (QED) is 0.878. The van der Waals surface area contributed by atoms with Crippen molar-refractivity contribution in [2.24, 2.45) is 0 Å². The van der Waals surface area contributed by atoms with Crippen molar-refractivity contribution < 1.29 is 4.79 Å². The highest BCUT2D eigenvalue weighted by Gasteiger charge is 2.17. The predicted octanol–water partition coefficient (Wildman–Crippen LogP) is 2.94. The number of pyridine rings is 1. The highest BCUT2D eigenvalue weighted by Crippen LogP contribution is 2.18. The molecule has 2 N–H and O–H groups in total. The lowest BCUT2D eigenvalue weighted by molar-refractivity contribution is 0.0750. The van der Waals surface area contributed by atoms with Gasteiger partial charge in [0.25, 0.3) is 5.91 Å². The number of nitrogen functional groups attached to an aromatic ring is 1. The number of benzene rings is 1. The van der Waals surface area contributed by atoms with E-state index in [2.05, 4.69) is 4.98 Å². The molecule has 0 unspecified atom stereocenters. The first-order valence-corrected chi connectivity index (χ1v) is 7.09. The molecular formula is C17H21N3O. The zero-order valence-electron chi connectivity index (χ0n) is 12.8. The highest BCUT2D eigenvalue weighted by molar-refractivity contribution is 5.96. The van der Waals surface area contributed by atoms with E-state index in [4.69, 9.17) is 5.73 Å². The van der Waals surface area contributed by atoms with Crippen molar-refractivity contribution in [1.82, 2.24) is 9.88 Å². The van der Waals surface area contributed by atoms with Gasteiger partial charge in [-0.15, -0.1) is 0 Å². The van der Waals surface area contributed by atoms with Gasteiger partial charge in [0.05, 0.1) is 12.2 Å². The van der Waals surface area contributed by atoms with Gasteiger partial charge in [-0.05, 0) is 50.6 Å². The van der Waals surface area contributed by atoms with Crippen LogP contribution in [0.3, 0.4) is 0 Å². The van der Waals surface area contributed by atoms with Crippen LogP contribution in [-0.2, 0) is 6.54 Å². The van der Waals surface area contributed by atoms with Crippen LogP contribution in [0.4, 0.5) is 5.69 Å². The van der Waals surface area contributed by atoms with Gasteiger partial charge in [0.2, 0.25) is 0 Å². The van der Waals surface area contributed by atoms with E-state index in [1.165, 1.54) is 0 Å². The van der Waals surface area contributed by atoms with Crippen molar-refractivity contribution in [2.45, 2.75) is 27.3 Å². The van der Waals surface area contributed by atoms with Gasteiger partial charge in [-0.1, -0.05) is 12.1 Å². The van der Waals surface area contributed by atoms with Crippen molar-refractivity contribution in [3.63, 3.8) is 0 Å². The number of carbonyl (C=O) groups excluding carboxylic acids is 1. The third kappa shape index (κ3) is 3.40. The first kappa shape index (κ1) is 15.0. The van der Waals surface area contributed by atoms with Gasteiger partial charge in [-0.25, -0.2) is 0 Å². The minimum absolute atomic E-state index is 0.00870. The Bertz CT molecular complexity index is 652. The second kappa shape index (κ2) is 6.39. The molecule has 0 aliphatic rings. The predicted molar refractivity (Wildman–Crippen MR) is 85.0 cm³/mol. The summed E-state index contributed by atoms with van der Waals surface area (Å²) < 4.78 is 0. The van der Waals surface area contributed by atoms with E-state index in [-0.39, 0.29) is 5.91 Å². The minimum atomic E-state index is -0.00870. The molecule has 0 radical (unpaired) electrons. The van der Waals surface area contributed by atoms with Crippen molar-refractivity contribution in [2.75, 3.05) is 12.3 Å². The monoisotopic (exact) mass is 283 g/mol. The van der Waals surface area contributed by atoms with Gasteiger partial charge in [0.1, 0.15) is 0 Å². The summed E-state index contributed by atoms with van der Waals surface area (Å²) in [5.74, 6) is -0.00870. The van der Waals surface area contributed by atoms with Crippen LogP contribution in [0.15, 0.2) is 36.4 Å². The Balaban J connectivity index is 2.25. The number of rotatable bonds is 4. The van der Waals surface area contributed by atoms with Gasteiger partial charge in [0.15, 0.2) is 0 Å². The normalized spacial score (nSPS) is 10.4. The molecule has 2 aromatic rings. The number of hydrogen-bond acceptors (Lipinski definition) is 3. The van der Waals surface area contributed by atoms with E-state index >= 15 is 0 Å². The molecule has 110 valence electrons. The number of nitrogens with zero attached hydrogens (tertiary/aromatic N) is 2. The lowest BCUT2D eigenvalue weighted by atomic mass is 10.1. The fraction of sp³-hybridized carbons (Fsp3) is 0.294. The van der Waals surface area contributed by atoms with E-state index in [1.54, 1.807) is 4.90 Å². The molecule has 0 fully saturated rings. The smallest absolute Gasteiger partial charge is 0.254 e. The Hall–Kier alpha value is -2.36. The molecule has 0 aliphatic heterocycles. The Morgan fingerprint density at radius 2 is 1.90 bits per heavy atom. The van der Waals surface area contributed by atoms with Crippen LogP contribution in [0.5, 0.6) is 0 Å². The molecule has 21 heavy (non-hydrogen) atoms. The van der Waals surface area contributed by atoms with Crippen molar-refractivity contribution in [1.29, 1.82) is 0 Å². The Morgan fingerprint density at radius 1 is 1.19 bits per heavy atom. The van der Waals surface area contributed by atoms with Gasteiger partial charge < -0.3 is 10.6 Å². The summed E-state index contributed by atoms with van der Waals surface area (Å²) in [5.41, 5.74) is 9.87. The average Bonchev–Trinajstić information content (AvgIpc) is 2.47. The molecule has 1 heterocycles. The first-order valence-electron chi connectivity index (χ1n) is 7.09. The van der Waals surface area contributed by atoms with E-state index in [0.717, 1.165) is 17.0 Å². The third-order valence-corrected chi connectivity index (χ3v) is 3.57. The average molecular weight is 283 g/mol. The largest absolute Gasteiger partial charge is 0.398 e. The number of anilines is 1. The Labute approximate surface area is 125 Å². The van der Waals surface area contributed by atoms with Crippen LogP contribution in [0.25, 0.3) is 0 Å². The summed E-state index contributed by atoms with van der Waals surface area (Å²) in [6.07, 6.45) is 0. The summed E-state index contributed by atoms with van der Waals surface area (Å²) in [4.78, 5) is 18.9. The second-order valence-corrected chi connectivity index (χ2v) is 5.11. The summed E-state index contributed by atoms with van der Waals surface area (Å²) >= 11 is 0. The van der Waals surface area contributed by atoms with Crippen LogP contribution >= 0.6 is 0 Å². The second-order valence-electron chi connectivity index (χ2n) is 5.11. The van der Waals surface area contributed by atoms with Crippen LogP contribution < -0.4 is 5.73 Å². The van der Waals surface area contributed by atoms with E-state index in [1.807, 2.05) is 57.2 Å². The molecule has 1 aromatic heterocycles. The van der Waals surface area contributed by atoms with Gasteiger partial charge in [0, 0.05) is 23.5 Å². The molecule has 2 rings (SSSR count). The van der Waals surface area contributed by atoms with Gasteiger partial charge in [-0.2, -0.15) is 0 Å². The van der Waals surface area contributed by atoms with E-state index < -0.39 is 0 Å². The molecule has 1 aromatic carbocycles. The number of amides is 1. The van der Waals surface area contributed by atoms with Crippen molar-refractivity contribution >= 4 is 11.6 Å². The number of carbonyl (C=O) groups is 1. The summed E-state index contributed by atoms with van der Waals surface area (Å²) in [5, 5.41) is 0. The number of aromatic nitrogens is 1. The zero-order valence-corrected chi connectivity index (χ0v) is 12.8. The minimum Gasteiger partial charge on any atom is -0.398 e. The zero-order chi connectivity index (χ0) is 15.4. The van der Waals surface area contributed by atoms with Crippen LogP contribution in [-0.4, -0.2) is 22.3 Å². The maximum Gasteiger partial charge on any atom is 0.254 e. The standard InChI is InChI=1S/C17H21N3O/c1-4-20(11-14-8-5-7-12(2)19-14)17(21)15-9-6-10-16(18)13(15)3/h5-10H,4,11,18H2,1-3H3. The maximum atomic E-state index is 12.7. The molecule has 0 spiro atoms. The molecule has 0 atom stereocenters.